The molecule has 1 aromatic carbocycles. The van der Waals surface area contributed by atoms with Gasteiger partial charge in [-0.3, -0.25) is 4.90 Å². The molecule has 2 aliphatic heterocycles. The van der Waals surface area contributed by atoms with E-state index in [1.54, 1.807) is 5.56 Å². The molecule has 2 aliphatic rings. The molecular weight excluding hydrogens is 284 g/mol. The zero-order valence-electron chi connectivity index (χ0n) is 14.1. The van der Waals surface area contributed by atoms with Gasteiger partial charge in [-0.1, -0.05) is 25.1 Å². The van der Waals surface area contributed by atoms with Crippen LogP contribution in [0, 0.1) is 5.41 Å². The molecule has 3 heterocycles. The molecule has 1 fully saturated rings. The van der Waals surface area contributed by atoms with Crippen molar-refractivity contribution in [2.75, 3.05) is 19.7 Å². The number of H-pyrrole nitrogens is 1. The summed E-state index contributed by atoms with van der Waals surface area (Å²) in [4.78, 5) is 6.49. The summed E-state index contributed by atoms with van der Waals surface area (Å²) in [5.74, 6) is 0. The number of nitrogens with one attached hydrogen (secondary N) is 1. The predicted molar refractivity (Wildman–Crippen MR) is 94.6 cm³/mol. The number of fused-ring (bicyclic) bond motifs is 5. The van der Waals surface area contributed by atoms with Crippen LogP contribution in [0.4, 0.5) is 0 Å². The fraction of sp³-hybridized carbons (Fsp3) is 0.600. The van der Waals surface area contributed by atoms with Crippen LogP contribution >= 0.6 is 0 Å². The van der Waals surface area contributed by atoms with Crippen molar-refractivity contribution in [1.29, 1.82) is 0 Å². The van der Waals surface area contributed by atoms with E-state index in [9.17, 15) is 5.11 Å². The summed E-state index contributed by atoms with van der Waals surface area (Å²) in [5, 5.41) is 10.8. The van der Waals surface area contributed by atoms with Gasteiger partial charge in [0.2, 0.25) is 0 Å². The van der Waals surface area contributed by atoms with E-state index in [1.165, 1.54) is 48.9 Å². The van der Waals surface area contributed by atoms with Gasteiger partial charge in [0, 0.05) is 29.7 Å². The van der Waals surface area contributed by atoms with E-state index in [-0.39, 0.29) is 0 Å². The number of aliphatic hydroxyl groups excluding tert-OH is 1. The second-order valence-electron chi connectivity index (χ2n) is 7.40. The summed E-state index contributed by atoms with van der Waals surface area (Å²) in [5.41, 5.74) is 4.62. The van der Waals surface area contributed by atoms with Crippen LogP contribution in [0.2, 0.25) is 0 Å². The number of para-hydroxylation sites is 1. The molecule has 0 aliphatic carbocycles. The highest BCUT2D eigenvalue weighted by atomic mass is 16.2. The van der Waals surface area contributed by atoms with Crippen molar-refractivity contribution in [3.05, 3.63) is 35.5 Å². The van der Waals surface area contributed by atoms with Gasteiger partial charge in [0.1, 0.15) is 0 Å². The van der Waals surface area contributed by atoms with Crippen LogP contribution < -0.4 is 0 Å². The maximum absolute atomic E-state index is 9.39. The minimum absolute atomic E-state index is 0.314. The number of aliphatic hydroxyl groups is 1. The first-order chi connectivity index (χ1) is 11.3. The zero-order chi connectivity index (χ0) is 15.9. The number of hydrogen-bond acceptors (Lipinski definition) is 2. The molecular formula is C20H28N2O. The van der Waals surface area contributed by atoms with E-state index < -0.39 is 0 Å². The molecule has 3 heteroatoms. The summed E-state index contributed by atoms with van der Waals surface area (Å²) < 4.78 is 0. The third kappa shape index (κ3) is 2.33. The molecule has 0 spiro atoms. The van der Waals surface area contributed by atoms with Crippen molar-refractivity contribution in [2.24, 2.45) is 5.41 Å². The lowest BCUT2D eigenvalue weighted by atomic mass is 9.65. The first-order valence-corrected chi connectivity index (χ1v) is 9.23. The van der Waals surface area contributed by atoms with E-state index in [2.05, 4.69) is 41.1 Å². The minimum Gasteiger partial charge on any atom is -0.396 e. The molecule has 23 heavy (non-hydrogen) atoms. The molecule has 2 atom stereocenters. The van der Waals surface area contributed by atoms with Gasteiger partial charge in [-0.15, -0.1) is 0 Å². The van der Waals surface area contributed by atoms with Crippen LogP contribution in [-0.4, -0.2) is 34.7 Å². The Balaban J connectivity index is 1.83. The third-order valence-corrected chi connectivity index (χ3v) is 6.37. The first kappa shape index (κ1) is 15.2. The lowest BCUT2D eigenvalue weighted by Gasteiger charge is -2.52. The number of nitrogens with zero attached hydrogens (tertiary/aromatic N) is 1. The molecule has 3 nitrogen and oxygen atoms in total. The second-order valence-corrected chi connectivity index (χ2v) is 7.40. The average Bonchev–Trinajstić information content (AvgIpc) is 2.98. The second kappa shape index (κ2) is 5.95. The SMILES string of the molecule is CC[C@@]1(CCCO)CCCN2CCc3c([nH]c4ccccc34)[C@@H]21. The van der Waals surface area contributed by atoms with E-state index in [0.717, 1.165) is 19.3 Å². The van der Waals surface area contributed by atoms with Crippen LogP contribution in [-0.2, 0) is 6.42 Å². The molecule has 1 saturated heterocycles. The third-order valence-electron chi connectivity index (χ3n) is 6.37. The number of rotatable bonds is 4. The molecule has 2 aromatic rings. The predicted octanol–water partition coefficient (Wildman–Crippen LogP) is 4.03. The molecule has 2 N–H and O–H groups in total. The van der Waals surface area contributed by atoms with Crippen molar-refractivity contribution < 1.29 is 5.11 Å². The molecule has 124 valence electrons. The smallest absolute Gasteiger partial charge is 0.0558 e. The minimum atomic E-state index is 0.314. The van der Waals surface area contributed by atoms with Gasteiger partial charge < -0.3 is 10.1 Å². The number of aromatic nitrogens is 1. The van der Waals surface area contributed by atoms with Gasteiger partial charge in [0.25, 0.3) is 0 Å². The summed E-state index contributed by atoms with van der Waals surface area (Å²) in [6.45, 7) is 5.06. The monoisotopic (exact) mass is 312 g/mol. The summed E-state index contributed by atoms with van der Waals surface area (Å²) >= 11 is 0. The standard InChI is InChI=1S/C20H28N2O/c1-2-20(11-6-14-23)10-5-12-22-13-9-16-15-7-3-4-8-17(15)21-18(16)19(20)22/h3-4,7-8,19,21,23H,2,5-6,9-14H2,1H3/t19-,20+/m1/s1. The maximum atomic E-state index is 9.39. The summed E-state index contributed by atoms with van der Waals surface area (Å²) in [6, 6.07) is 9.26. The van der Waals surface area contributed by atoms with Crippen LogP contribution in [0.1, 0.15) is 56.3 Å². The lowest BCUT2D eigenvalue weighted by Crippen LogP contribution is -2.49. The van der Waals surface area contributed by atoms with Gasteiger partial charge in [-0.05, 0) is 62.1 Å². The van der Waals surface area contributed by atoms with Crippen molar-refractivity contribution in [3.63, 3.8) is 0 Å². The highest BCUT2D eigenvalue weighted by Gasteiger charge is 2.46. The van der Waals surface area contributed by atoms with Gasteiger partial charge in [0.05, 0.1) is 6.04 Å². The van der Waals surface area contributed by atoms with Crippen LogP contribution in [0.25, 0.3) is 10.9 Å². The Morgan fingerprint density at radius 1 is 1.30 bits per heavy atom. The maximum Gasteiger partial charge on any atom is 0.0558 e. The quantitative estimate of drug-likeness (QED) is 0.894. The summed E-state index contributed by atoms with van der Waals surface area (Å²) in [7, 11) is 0. The number of aromatic amines is 1. The fourth-order valence-electron chi connectivity index (χ4n) is 5.24. The van der Waals surface area contributed by atoms with Crippen LogP contribution in [0.5, 0.6) is 0 Å². The molecule has 0 unspecified atom stereocenters. The zero-order valence-corrected chi connectivity index (χ0v) is 14.1. The fourth-order valence-corrected chi connectivity index (χ4v) is 5.24. The largest absolute Gasteiger partial charge is 0.396 e. The Bertz CT molecular complexity index is 692. The van der Waals surface area contributed by atoms with Crippen molar-refractivity contribution in [3.8, 4) is 0 Å². The highest BCUT2D eigenvalue weighted by Crippen LogP contribution is 2.53. The lowest BCUT2D eigenvalue weighted by molar-refractivity contribution is -0.0110. The van der Waals surface area contributed by atoms with E-state index >= 15 is 0 Å². The molecule has 0 bridgehead atoms. The highest BCUT2D eigenvalue weighted by molar-refractivity contribution is 5.85. The molecule has 4 rings (SSSR count). The topological polar surface area (TPSA) is 39.3 Å². The van der Waals surface area contributed by atoms with Crippen LogP contribution in [0.15, 0.2) is 24.3 Å². The van der Waals surface area contributed by atoms with Crippen molar-refractivity contribution in [2.45, 2.75) is 51.5 Å². The molecule has 0 radical (unpaired) electrons. The van der Waals surface area contributed by atoms with E-state index in [1.807, 2.05) is 0 Å². The normalized spacial score (nSPS) is 27.8. The molecule has 0 saturated carbocycles. The van der Waals surface area contributed by atoms with Crippen LogP contribution in [0.3, 0.4) is 0 Å². The van der Waals surface area contributed by atoms with E-state index in [0.29, 0.717) is 18.1 Å². The average molecular weight is 312 g/mol. The first-order valence-electron chi connectivity index (χ1n) is 9.23. The van der Waals surface area contributed by atoms with Gasteiger partial charge >= 0.3 is 0 Å². The van der Waals surface area contributed by atoms with Crippen molar-refractivity contribution in [1.82, 2.24) is 9.88 Å². The van der Waals surface area contributed by atoms with Gasteiger partial charge in [-0.25, -0.2) is 0 Å². The number of piperidine rings is 1. The Morgan fingerprint density at radius 3 is 3.00 bits per heavy atom. The summed E-state index contributed by atoms with van der Waals surface area (Å²) in [6.07, 6.45) is 7.01. The Morgan fingerprint density at radius 2 is 2.17 bits per heavy atom. The Kier molecular flexibility index (Phi) is 3.94. The molecule has 1 aromatic heterocycles. The Labute approximate surface area is 138 Å². The number of benzene rings is 1. The van der Waals surface area contributed by atoms with Gasteiger partial charge in [0.15, 0.2) is 0 Å². The van der Waals surface area contributed by atoms with Crippen molar-refractivity contribution >= 4 is 10.9 Å². The van der Waals surface area contributed by atoms with Gasteiger partial charge in [-0.2, -0.15) is 0 Å². The Hall–Kier alpha value is -1.32. The van der Waals surface area contributed by atoms with E-state index in [4.69, 9.17) is 0 Å². The molecule has 0 amide bonds. The number of hydrogen-bond donors (Lipinski definition) is 2.